The molecule has 1 heterocycles. The van der Waals surface area contributed by atoms with Crippen LogP contribution in [0.3, 0.4) is 0 Å². The van der Waals surface area contributed by atoms with Crippen LogP contribution in [0, 0.1) is 6.92 Å². The number of Topliss-reactive ketones (excluding diaryl/α,β-unsaturated/α-hetero) is 1. The van der Waals surface area contributed by atoms with E-state index in [4.69, 9.17) is 14.2 Å². The minimum atomic E-state index is -0.793. The van der Waals surface area contributed by atoms with Gasteiger partial charge in [0.05, 0.1) is 25.3 Å². The molecule has 8 nitrogen and oxygen atoms in total. The molecule has 1 saturated heterocycles. The molecule has 40 heavy (non-hydrogen) atoms. The number of nitrogens with zero attached hydrogens (tertiary/aromatic N) is 2. The van der Waals surface area contributed by atoms with E-state index in [1.54, 1.807) is 47.4 Å². The number of aliphatic hydroxyl groups is 1. The number of hydrogen-bond acceptors (Lipinski definition) is 7. The molecule has 0 saturated carbocycles. The molecule has 0 spiro atoms. The molecule has 1 amide bonds. The summed E-state index contributed by atoms with van der Waals surface area (Å²) in [6.45, 7) is 15.3. The summed E-state index contributed by atoms with van der Waals surface area (Å²) in [6.07, 6.45) is 3.61. The van der Waals surface area contributed by atoms with Crippen LogP contribution in [-0.2, 0) is 9.59 Å². The van der Waals surface area contributed by atoms with Gasteiger partial charge in [0.15, 0.2) is 11.5 Å². The van der Waals surface area contributed by atoms with Crippen molar-refractivity contribution in [2.24, 2.45) is 0 Å². The van der Waals surface area contributed by atoms with Gasteiger partial charge >= 0.3 is 0 Å². The highest BCUT2D eigenvalue weighted by Gasteiger charge is 2.46. The summed E-state index contributed by atoms with van der Waals surface area (Å²) < 4.78 is 17.1. The van der Waals surface area contributed by atoms with Crippen molar-refractivity contribution in [2.45, 2.75) is 46.6 Å². The molecule has 2 aromatic carbocycles. The van der Waals surface area contributed by atoms with Gasteiger partial charge < -0.3 is 29.1 Å². The number of methoxy groups -OCH3 is 1. The van der Waals surface area contributed by atoms with Crippen molar-refractivity contribution in [2.75, 3.05) is 46.5 Å². The Kier molecular flexibility index (Phi) is 11.2. The van der Waals surface area contributed by atoms with Crippen molar-refractivity contribution < 1.29 is 28.9 Å². The predicted octanol–water partition coefficient (Wildman–Crippen LogP) is 5.51. The Bertz CT molecular complexity index is 1230. The van der Waals surface area contributed by atoms with Crippen LogP contribution < -0.4 is 14.2 Å². The van der Waals surface area contributed by atoms with Gasteiger partial charge in [0.1, 0.15) is 18.1 Å². The van der Waals surface area contributed by atoms with Crippen LogP contribution in [-0.4, -0.2) is 73.1 Å². The number of ketones is 1. The second-order valence-corrected chi connectivity index (χ2v) is 9.71. The molecule has 8 heteroatoms. The lowest BCUT2D eigenvalue weighted by Crippen LogP contribution is -2.38. The number of likely N-dealkylation sites (tertiary alicyclic amines) is 1. The van der Waals surface area contributed by atoms with Crippen molar-refractivity contribution in [3.05, 3.63) is 71.3 Å². The minimum Gasteiger partial charge on any atom is -0.507 e. The van der Waals surface area contributed by atoms with E-state index in [-0.39, 0.29) is 11.3 Å². The monoisotopic (exact) mass is 550 g/mol. The molecule has 1 fully saturated rings. The zero-order valence-corrected chi connectivity index (χ0v) is 24.4. The van der Waals surface area contributed by atoms with Crippen LogP contribution in [0.25, 0.3) is 5.76 Å². The van der Waals surface area contributed by atoms with Crippen molar-refractivity contribution >= 4 is 17.4 Å². The van der Waals surface area contributed by atoms with Crippen LogP contribution in [0.2, 0.25) is 0 Å². The lowest BCUT2D eigenvalue weighted by atomic mass is 9.94. The van der Waals surface area contributed by atoms with E-state index in [2.05, 4.69) is 32.3 Å². The molecular formula is C32H42N2O6. The number of carbonyl (C=O) groups excluding carboxylic acids is 2. The number of amides is 1. The average molecular weight is 551 g/mol. The van der Waals surface area contributed by atoms with Crippen molar-refractivity contribution in [3.63, 3.8) is 0 Å². The molecule has 216 valence electrons. The third-order valence-corrected chi connectivity index (χ3v) is 7.16. The Labute approximate surface area is 237 Å². The molecule has 0 aliphatic carbocycles. The van der Waals surface area contributed by atoms with Gasteiger partial charge in [-0.05, 0) is 67.9 Å². The zero-order valence-electron chi connectivity index (χ0n) is 24.4. The summed E-state index contributed by atoms with van der Waals surface area (Å²) in [5.74, 6) is 0.123. The van der Waals surface area contributed by atoms with E-state index in [1.807, 2.05) is 6.92 Å². The maximum atomic E-state index is 13.5. The molecular weight excluding hydrogens is 508 g/mol. The smallest absolute Gasteiger partial charge is 0.295 e. The first-order valence-corrected chi connectivity index (χ1v) is 14.0. The van der Waals surface area contributed by atoms with Crippen LogP contribution in [0.1, 0.15) is 56.3 Å². The molecule has 1 N–H and O–H groups in total. The molecule has 1 unspecified atom stereocenters. The fourth-order valence-corrected chi connectivity index (χ4v) is 4.81. The summed E-state index contributed by atoms with van der Waals surface area (Å²) in [7, 11) is 1.53. The summed E-state index contributed by atoms with van der Waals surface area (Å²) in [5, 5.41) is 11.5. The third kappa shape index (κ3) is 6.86. The SMILES string of the molecule is C=CCOc1ccc(C2C(=C(O)c3ccc(OCCCC)c(C)c3)C(=O)C(=O)N2CCN(CC)CC)cc1OC. The number of hydrogen-bond donors (Lipinski definition) is 1. The Hall–Kier alpha value is -3.78. The van der Waals surface area contributed by atoms with E-state index < -0.39 is 17.7 Å². The number of benzene rings is 2. The highest BCUT2D eigenvalue weighted by Crippen LogP contribution is 2.42. The van der Waals surface area contributed by atoms with Gasteiger partial charge in [0.25, 0.3) is 11.7 Å². The number of rotatable bonds is 15. The van der Waals surface area contributed by atoms with Crippen LogP contribution in [0.15, 0.2) is 54.6 Å². The fourth-order valence-electron chi connectivity index (χ4n) is 4.81. The van der Waals surface area contributed by atoms with Gasteiger partial charge in [-0.25, -0.2) is 0 Å². The van der Waals surface area contributed by atoms with E-state index in [1.165, 1.54) is 7.11 Å². The zero-order chi connectivity index (χ0) is 29.2. The Morgan fingerprint density at radius 2 is 1.77 bits per heavy atom. The maximum absolute atomic E-state index is 13.5. The lowest BCUT2D eigenvalue weighted by molar-refractivity contribution is -0.140. The summed E-state index contributed by atoms with van der Waals surface area (Å²) in [5.41, 5.74) is 1.97. The molecule has 1 atom stereocenters. The number of unbranched alkanes of at least 4 members (excludes halogenated alkanes) is 1. The lowest BCUT2D eigenvalue weighted by Gasteiger charge is -2.28. The van der Waals surface area contributed by atoms with Crippen LogP contribution in [0.5, 0.6) is 17.2 Å². The number of ether oxygens (including phenoxy) is 3. The van der Waals surface area contributed by atoms with E-state index in [9.17, 15) is 14.7 Å². The Morgan fingerprint density at radius 3 is 2.40 bits per heavy atom. The number of aliphatic hydroxyl groups excluding tert-OH is 1. The highest BCUT2D eigenvalue weighted by atomic mass is 16.5. The van der Waals surface area contributed by atoms with Gasteiger partial charge in [-0.3, -0.25) is 9.59 Å². The topological polar surface area (TPSA) is 88.5 Å². The van der Waals surface area contributed by atoms with E-state index in [0.717, 1.165) is 37.2 Å². The molecule has 2 aromatic rings. The molecule has 3 rings (SSSR count). The molecule has 0 radical (unpaired) electrons. The Balaban J connectivity index is 2.10. The first-order valence-electron chi connectivity index (χ1n) is 14.0. The van der Waals surface area contributed by atoms with Gasteiger partial charge in [-0.15, -0.1) is 0 Å². The quantitative estimate of drug-likeness (QED) is 0.103. The largest absolute Gasteiger partial charge is 0.507 e. The number of carbonyl (C=O) groups is 2. The molecule has 0 bridgehead atoms. The van der Waals surface area contributed by atoms with Crippen LogP contribution in [0.4, 0.5) is 0 Å². The third-order valence-electron chi connectivity index (χ3n) is 7.16. The highest BCUT2D eigenvalue weighted by molar-refractivity contribution is 6.46. The molecule has 0 aromatic heterocycles. The standard InChI is InChI=1S/C32H42N2O6/c1-7-11-19-40-25-14-13-24(20-22(25)5)30(35)28-29(23-12-15-26(39-18-8-2)27(21-23)38-6)34(32(37)31(28)36)17-16-33(9-3)10-4/h8,12-15,20-21,29,35H,2,7,9-11,16-19H2,1,3-6H3. The summed E-state index contributed by atoms with van der Waals surface area (Å²) in [4.78, 5) is 30.6. The van der Waals surface area contributed by atoms with E-state index in [0.29, 0.717) is 48.9 Å². The van der Waals surface area contributed by atoms with Gasteiger partial charge in [0.2, 0.25) is 0 Å². The van der Waals surface area contributed by atoms with Crippen molar-refractivity contribution in [1.29, 1.82) is 0 Å². The number of likely N-dealkylation sites (N-methyl/N-ethyl adjacent to an activating group) is 1. The second kappa shape index (κ2) is 14.6. The first-order chi connectivity index (χ1) is 19.3. The number of aryl methyl sites for hydroxylation is 1. The summed E-state index contributed by atoms with van der Waals surface area (Å²) >= 11 is 0. The maximum Gasteiger partial charge on any atom is 0.295 e. The average Bonchev–Trinajstić information content (AvgIpc) is 3.22. The van der Waals surface area contributed by atoms with Gasteiger partial charge in [0, 0.05) is 18.7 Å². The van der Waals surface area contributed by atoms with Gasteiger partial charge in [-0.2, -0.15) is 0 Å². The Morgan fingerprint density at radius 1 is 1.05 bits per heavy atom. The normalized spacial score (nSPS) is 16.4. The first kappa shape index (κ1) is 30.8. The minimum absolute atomic E-state index is 0.0467. The fraction of sp³-hybridized carbons (Fsp3) is 0.438. The van der Waals surface area contributed by atoms with Crippen molar-refractivity contribution in [1.82, 2.24) is 9.80 Å². The predicted molar refractivity (Wildman–Crippen MR) is 157 cm³/mol. The molecule has 1 aliphatic rings. The molecule has 1 aliphatic heterocycles. The van der Waals surface area contributed by atoms with Gasteiger partial charge in [-0.1, -0.05) is 45.9 Å². The summed E-state index contributed by atoms with van der Waals surface area (Å²) in [6, 6.07) is 9.79. The van der Waals surface area contributed by atoms with Crippen molar-refractivity contribution in [3.8, 4) is 17.2 Å². The second-order valence-electron chi connectivity index (χ2n) is 9.71. The van der Waals surface area contributed by atoms with E-state index >= 15 is 0 Å². The van der Waals surface area contributed by atoms with Crippen LogP contribution >= 0.6 is 0 Å².